The lowest BCUT2D eigenvalue weighted by Gasteiger charge is -1.98. The van der Waals surface area contributed by atoms with Crippen molar-refractivity contribution < 1.29 is 4.79 Å². The highest BCUT2D eigenvalue weighted by Crippen LogP contribution is 2.32. The lowest BCUT2D eigenvalue weighted by atomic mass is 10.1. The van der Waals surface area contributed by atoms with Gasteiger partial charge in [0.05, 0.1) is 5.69 Å². The van der Waals surface area contributed by atoms with E-state index in [1.165, 1.54) is 0 Å². The van der Waals surface area contributed by atoms with E-state index in [0.717, 1.165) is 34.0 Å². The van der Waals surface area contributed by atoms with Gasteiger partial charge in [0.25, 0.3) is 0 Å². The number of hydrogen-bond acceptors (Lipinski definition) is 1. The van der Waals surface area contributed by atoms with Crippen molar-refractivity contribution in [1.29, 1.82) is 0 Å². The third kappa shape index (κ3) is 1.94. The van der Waals surface area contributed by atoms with Crippen LogP contribution in [0.15, 0.2) is 42.5 Å². The second kappa shape index (κ2) is 4.56. The van der Waals surface area contributed by atoms with Gasteiger partial charge >= 0.3 is 0 Å². The van der Waals surface area contributed by atoms with Gasteiger partial charge in [-0.2, -0.15) is 0 Å². The van der Waals surface area contributed by atoms with E-state index in [2.05, 4.69) is 4.98 Å². The Morgan fingerprint density at radius 2 is 1.89 bits per heavy atom. The van der Waals surface area contributed by atoms with Crippen molar-refractivity contribution in [2.45, 2.75) is 6.92 Å². The number of halogens is 1. The van der Waals surface area contributed by atoms with Gasteiger partial charge in [-0.15, -0.1) is 0 Å². The Labute approximate surface area is 116 Å². The maximum Gasteiger partial charge on any atom is 0.152 e. The average Bonchev–Trinajstić information content (AvgIpc) is 2.78. The zero-order valence-electron chi connectivity index (χ0n) is 10.4. The maximum atomic E-state index is 11.4. The molecule has 0 atom stereocenters. The molecule has 0 saturated heterocycles. The summed E-state index contributed by atoms with van der Waals surface area (Å²) in [5.74, 6) is 0. The average molecular weight is 270 g/mol. The molecular formula is C16H12ClNO. The van der Waals surface area contributed by atoms with Gasteiger partial charge < -0.3 is 4.98 Å². The molecule has 1 heterocycles. The van der Waals surface area contributed by atoms with E-state index in [9.17, 15) is 4.79 Å². The van der Waals surface area contributed by atoms with Crippen molar-refractivity contribution in [2.24, 2.45) is 0 Å². The number of nitrogens with one attached hydrogen (secondary N) is 1. The third-order valence-corrected chi connectivity index (χ3v) is 3.51. The minimum atomic E-state index is 0.645. The van der Waals surface area contributed by atoms with Crippen LogP contribution in [0, 0.1) is 6.92 Å². The lowest BCUT2D eigenvalue weighted by molar-refractivity contribution is 0.112. The van der Waals surface area contributed by atoms with Crippen LogP contribution in [0.5, 0.6) is 0 Å². The summed E-state index contributed by atoms with van der Waals surface area (Å²) >= 11 is 6.08. The Bertz CT molecular complexity index is 759. The van der Waals surface area contributed by atoms with Crippen LogP contribution in [0.3, 0.4) is 0 Å². The predicted molar refractivity (Wildman–Crippen MR) is 78.9 cm³/mol. The molecule has 2 nitrogen and oxygen atoms in total. The molecule has 1 N–H and O–H groups in total. The highest BCUT2D eigenvalue weighted by atomic mass is 35.5. The molecule has 3 rings (SSSR count). The molecular weight excluding hydrogens is 258 g/mol. The fourth-order valence-corrected chi connectivity index (χ4v) is 2.68. The Balaban J connectivity index is 2.38. The van der Waals surface area contributed by atoms with Gasteiger partial charge in [-0.25, -0.2) is 0 Å². The van der Waals surface area contributed by atoms with E-state index in [4.69, 9.17) is 11.6 Å². The van der Waals surface area contributed by atoms with Gasteiger partial charge in [-0.3, -0.25) is 4.79 Å². The highest BCUT2D eigenvalue weighted by molar-refractivity contribution is 6.31. The molecule has 0 radical (unpaired) electrons. The number of H-pyrrole nitrogens is 1. The molecule has 0 aliphatic carbocycles. The van der Waals surface area contributed by atoms with Crippen molar-refractivity contribution in [2.75, 3.05) is 0 Å². The molecule has 0 fully saturated rings. The van der Waals surface area contributed by atoms with E-state index in [-0.39, 0.29) is 0 Å². The predicted octanol–water partition coefficient (Wildman–Crippen LogP) is 4.61. The Kier molecular flexibility index (Phi) is 2.88. The first kappa shape index (κ1) is 12.0. The second-order valence-electron chi connectivity index (χ2n) is 4.54. The number of carbonyl (C=O) groups excluding carboxylic acids is 1. The third-order valence-electron chi connectivity index (χ3n) is 3.29. The first-order valence-corrected chi connectivity index (χ1v) is 6.41. The summed E-state index contributed by atoms with van der Waals surface area (Å²) in [6.07, 6.45) is 0.886. The molecule has 19 heavy (non-hydrogen) atoms. The van der Waals surface area contributed by atoms with E-state index in [1.54, 1.807) is 0 Å². The van der Waals surface area contributed by atoms with Crippen LogP contribution >= 0.6 is 11.6 Å². The normalized spacial score (nSPS) is 10.8. The number of aromatic nitrogens is 1. The van der Waals surface area contributed by atoms with Crippen molar-refractivity contribution in [3.63, 3.8) is 0 Å². The first-order chi connectivity index (χ1) is 9.20. The van der Waals surface area contributed by atoms with E-state index in [1.807, 2.05) is 49.4 Å². The number of fused-ring (bicyclic) bond motifs is 1. The van der Waals surface area contributed by atoms with Crippen molar-refractivity contribution in [3.8, 4) is 11.3 Å². The van der Waals surface area contributed by atoms with Crippen molar-refractivity contribution in [3.05, 3.63) is 58.6 Å². The molecule has 0 aliphatic rings. The van der Waals surface area contributed by atoms with Crippen LogP contribution in [0.1, 0.15) is 15.9 Å². The molecule has 0 bridgehead atoms. The highest BCUT2D eigenvalue weighted by Gasteiger charge is 2.14. The zero-order valence-corrected chi connectivity index (χ0v) is 11.2. The molecule has 94 valence electrons. The quantitative estimate of drug-likeness (QED) is 0.677. The summed E-state index contributed by atoms with van der Waals surface area (Å²) < 4.78 is 0. The number of hydrogen-bond donors (Lipinski definition) is 1. The Morgan fingerprint density at radius 1 is 1.16 bits per heavy atom. The summed E-state index contributed by atoms with van der Waals surface area (Å²) in [5.41, 5.74) is 4.50. The molecule has 0 amide bonds. The van der Waals surface area contributed by atoms with Gasteiger partial charge in [0.15, 0.2) is 6.29 Å². The largest absolute Gasteiger partial charge is 0.354 e. The van der Waals surface area contributed by atoms with Crippen LogP contribution in [0.2, 0.25) is 5.02 Å². The number of aromatic amines is 1. The van der Waals surface area contributed by atoms with Crippen molar-refractivity contribution >= 4 is 28.8 Å². The monoisotopic (exact) mass is 269 g/mol. The maximum absolute atomic E-state index is 11.4. The van der Waals surface area contributed by atoms with Crippen LogP contribution in [0.25, 0.3) is 22.2 Å². The molecule has 2 aromatic carbocycles. The van der Waals surface area contributed by atoms with E-state index in [0.29, 0.717) is 10.6 Å². The van der Waals surface area contributed by atoms with Crippen molar-refractivity contribution in [1.82, 2.24) is 4.98 Å². The standard InChI is InChI=1S/C16H12ClNO/c1-10-7-12(17)8-13-14(9-19)16(18-15(10)13)11-5-3-2-4-6-11/h2-9,18H,1H3. The smallest absolute Gasteiger partial charge is 0.152 e. The molecule has 0 spiro atoms. The number of benzene rings is 2. The topological polar surface area (TPSA) is 32.9 Å². The minimum absolute atomic E-state index is 0.645. The SMILES string of the molecule is Cc1cc(Cl)cc2c(C=O)c(-c3ccccc3)[nH]c12. The van der Waals surface area contributed by atoms with E-state index >= 15 is 0 Å². The summed E-state index contributed by atoms with van der Waals surface area (Å²) in [5, 5.41) is 1.52. The fraction of sp³-hybridized carbons (Fsp3) is 0.0625. The minimum Gasteiger partial charge on any atom is -0.354 e. The van der Waals surface area contributed by atoms with Crippen LogP contribution < -0.4 is 0 Å². The summed E-state index contributed by atoms with van der Waals surface area (Å²) in [6, 6.07) is 13.5. The summed E-state index contributed by atoms with van der Waals surface area (Å²) in [4.78, 5) is 14.8. The molecule has 1 aromatic heterocycles. The molecule has 3 aromatic rings. The Hall–Kier alpha value is -2.06. The summed E-state index contributed by atoms with van der Waals surface area (Å²) in [6.45, 7) is 1.98. The van der Waals surface area contributed by atoms with Gasteiger partial charge in [0.1, 0.15) is 0 Å². The van der Waals surface area contributed by atoms with Crippen LogP contribution in [-0.4, -0.2) is 11.3 Å². The van der Waals surface area contributed by atoms with Crippen LogP contribution in [0.4, 0.5) is 0 Å². The van der Waals surface area contributed by atoms with Gasteiger partial charge in [-0.1, -0.05) is 41.9 Å². The molecule has 0 saturated carbocycles. The molecule has 3 heteroatoms. The number of rotatable bonds is 2. The number of carbonyl (C=O) groups is 1. The molecule has 0 unspecified atom stereocenters. The van der Waals surface area contributed by atoms with Gasteiger partial charge in [-0.05, 0) is 30.2 Å². The number of aldehydes is 1. The van der Waals surface area contributed by atoms with E-state index < -0.39 is 0 Å². The zero-order chi connectivity index (χ0) is 13.4. The number of aryl methyl sites for hydroxylation is 1. The Morgan fingerprint density at radius 3 is 2.58 bits per heavy atom. The fourth-order valence-electron chi connectivity index (χ4n) is 2.40. The molecule has 0 aliphatic heterocycles. The van der Waals surface area contributed by atoms with Gasteiger partial charge in [0.2, 0.25) is 0 Å². The lowest BCUT2D eigenvalue weighted by Crippen LogP contribution is -1.83. The van der Waals surface area contributed by atoms with Crippen LogP contribution in [-0.2, 0) is 0 Å². The summed E-state index contributed by atoms with van der Waals surface area (Å²) in [7, 11) is 0. The second-order valence-corrected chi connectivity index (χ2v) is 4.98. The first-order valence-electron chi connectivity index (χ1n) is 6.03. The van der Waals surface area contributed by atoms with Gasteiger partial charge in [0, 0.05) is 21.5 Å².